The topological polar surface area (TPSA) is 12.4 Å². The van der Waals surface area contributed by atoms with E-state index in [2.05, 4.69) is 25.4 Å². The minimum absolute atomic E-state index is 0.481. The van der Waals surface area contributed by atoms with Crippen molar-refractivity contribution in [3.8, 4) is 0 Å². The van der Waals surface area contributed by atoms with E-state index in [-0.39, 0.29) is 0 Å². The molecule has 0 aromatic heterocycles. The fourth-order valence-corrected chi connectivity index (χ4v) is 0.654. The summed E-state index contributed by atoms with van der Waals surface area (Å²) >= 11 is 0. The van der Waals surface area contributed by atoms with Crippen LogP contribution in [0.4, 0.5) is 0 Å². The van der Waals surface area contributed by atoms with E-state index >= 15 is 0 Å². The zero-order valence-electron chi connectivity index (χ0n) is 6.96. The van der Waals surface area contributed by atoms with Gasteiger partial charge >= 0.3 is 0 Å². The summed E-state index contributed by atoms with van der Waals surface area (Å²) in [7, 11) is 0. The maximum atomic E-state index is 4.18. The third-order valence-corrected chi connectivity index (χ3v) is 1.16. The van der Waals surface area contributed by atoms with E-state index in [1.165, 1.54) is 0 Å². The average molecular weight is 137 g/mol. The van der Waals surface area contributed by atoms with Crippen LogP contribution < -0.4 is 0 Å². The summed E-state index contributed by atoms with van der Waals surface area (Å²) in [6.45, 7) is 9.76. The summed E-state index contributed by atoms with van der Waals surface area (Å²) in [6, 6.07) is 0. The molecular weight excluding hydrogens is 122 g/mol. The largest absolute Gasteiger partial charge is 0.266 e. The minimum Gasteiger partial charge on any atom is -0.266 e. The molecule has 0 spiro atoms. The lowest BCUT2D eigenvalue weighted by atomic mass is 10.1. The molecule has 0 saturated carbocycles. The second kappa shape index (κ2) is 4.98. The lowest BCUT2D eigenvalue weighted by Gasteiger charge is -2.02. The molecule has 0 aromatic carbocycles. The van der Waals surface area contributed by atoms with Crippen LogP contribution in [-0.4, -0.2) is 6.21 Å². The summed E-state index contributed by atoms with van der Waals surface area (Å²) in [4.78, 5) is 4.18. The van der Waals surface area contributed by atoms with E-state index in [0.29, 0.717) is 5.92 Å². The third kappa shape index (κ3) is 3.23. The van der Waals surface area contributed by atoms with E-state index < -0.39 is 0 Å². The highest BCUT2D eigenvalue weighted by Crippen LogP contribution is 2.09. The highest BCUT2D eigenvalue weighted by molar-refractivity contribution is 5.55. The Bertz CT molecular complexity index is 152. The van der Waals surface area contributed by atoms with Crippen LogP contribution in [0.1, 0.15) is 20.8 Å². The van der Waals surface area contributed by atoms with Crippen molar-refractivity contribution < 1.29 is 0 Å². The lowest BCUT2D eigenvalue weighted by Crippen LogP contribution is -1.89. The highest BCUT2D eigenvalue weighted by Gasteiger charge is 1.96. The molecule has 0 saturated heterocycles. The molecule has 1 heteroatoms. The molecule has 0 aliphatic carbocycles. The van der Waals surface area contributed by atoms with Crippen LogP contribution in [0.3, 0.4) is 0 Å². The second-order valence-corrected chi connectivity index (χ2v) is 2.37. The van der Waals surface area contributed by atoms with Gasteiger partial charge in [0, 0.05) is 11.9 Å². The molecule has 1 nitrogen and oxygen atoms in total. The Morgan fingerprint density at radius 2 is 2.10 bits per heavy atom. The van der Waals surface area contributed by atoms with Crippen LogP contribution in [0.5, 0.6) is 0 Å². The normalized spacial score (nSPS) is 13.0. The highest BCUT2D eigenvalue weighted by atomic mass is 14.7. The maximum absolute atomic E-state index is 4.18. The average Bonchev–Trinajstić information content (AvgIpc) is 1.87. The zero-order valence-corrected chi connectivity index (χ0v) is 6.96. The van der Waals surface area contributed by atoms with Crippen LogP contribution in [0.2, 0.25) is 0 Å². The molecular formula is C9H15N. The smallest absolute Gasteiger partial charge is 0.0424 e. The van der Waals surface area contributed by atoms with Crippen molar-refractivity contribution in [1.29, 1.82) is 0 Å². The first-order chi connectivity index (χ1) is 4.72. The molecule has 0 fully saturated rings. The van der Waals surface area contributed by atoms with Gasteiger partial charge in [0.2, 0.25) is 0 Å². The van der Waals surface area contributed by atoms with E-state index in [9.17, 15) is 0 Å². The molecule has 0 heterocycles. The minimum atomic E-state index is 0.481. The molecule has 0 atom stereocenters. The molecule has 0 rings (SSSR count). The Kier molecular flexibility index (Phi) is 4.55. The van der Waals surface area contributed by atoms with Crippen molar-refractivity contribution in [3.05, 3.63) is 24.4 Å². The fraction of sp³-hybridized carbons (Fsp3) is 0.444. The summed E-state index contributed by atoms with van der Waals surface area (Å²) in [5.74, 6) is 0.481. The van der Waals surface area contributed by atoms with Gasteiger partial charge in [-0.25, -0.2) is 0 Å². The molecule has 56 valence electrons. The Hall–Kier alpha value is -0.850. The third-order valence-electron chi connectivity index (χ3n) is 1.16. The van der Waals surface area contributed by atoms with Gasteiger partial charge < -0.3 is 0 Å². The van der Waals surface area contributed by atoms with Crippen LogP contribution in [0.25, 0.3) is 0 Å². The number of allylic oxidation sites excluding steroid dienone is 3. The van der Waals surface area contributed by atoms with E-state index in [1.54, 1.807) is 12.3 Å². The SMILES string of the molecule is C=C/C=C(\N=C/C)C(C)C. The summed E-state index contributed by atoms with van der Waals surface area (Å²) in [5.41, 5.74) is 1.08. The number of hydrogen-bond donors (Lipinski definition) is 0. The Labute approximate surface area is 63.2 Å². The molecule has 0 bridgehead atoms. The van der Waals surface area contributed by atoms with Crippen molar-refractivity contribution >= 4 is 6.21 Å². The van der Waals surface area contributed by atoms with E-state index in [0.717, 1.165) is 5.70 Å². The predicted molar refractivity (Wildman–Crippen MR) is 47.3 cm³/mol. The Balaban J connectivity index is 4.25. The Morgan fingerprint density at radius 1 is 1.50 bits per heavy atom. The first kappa shape index (κ1) is 9.15. The number of aliphatic imine (C=N–C) groups is 1. The summed E-state index contributed by atoms with van der Waals surface area (Å²) in [5, 5.41) is 0. The van der Waals surface area contributed by atoms with Gasteiger partial charge in [0.25, 0.3) is 0 Å². The molecule has 0 aliphatic rings. The van der Waals surface area contributed by atoms with Crippen molar-refractivity contribution in [1.82, 2.24) is 0 Å². The van der Waals surface area contributed by atoms with Gasteiger partial charge in [0.15, 0.2) is 0 Å². The van der Waals surface area contributed by atoms with Crippen molar-refractivity contribution in [2.75, 3.05) is 0 Å². The van der Waals surface area contributed by atoms with Crippen molar-refractivity contribution in [2.24, 2.45) is 10.9 Å². The molecule has 0 aromatic rings. The van der Waals surface area contributed by atoms with Gasteiger partial charge in [-0.3, -0.25) is 4.99 Å². The number of hydrogen-bond acceptors (Lipinski definition) is 1. The molecule has 10 heavy (non-hydrogen) atoms. The second-order valence-electron chi connectivity index (χ2n) is 2.37. The van der Waals surface area contributed by atoms with Crippen LogP contribution in [0.15, 0.2) is 29.4 Å². The first-order valence-electron chi connectivity index (χ1n) is 3.53. The lowest BCUT2D eigenvalue weighted by molar-refractivity contribution is 0.759. The number of rotatable bonds is 3. The predicted octanol–water partition coefficient (Wildman–Crippen LogP) is 2.80. The summed E-state index contributed by atoms with van der Waals surface area (Å²) in [6.07, 6.45) is 5.50. The molecule has 0 unspecified atom stereocenters. The van der Waals surface area contributed by atoms with Crippen LogP contribution in [0, 0.1) is 5.92 Å². The maximum Gasteiger partial charge on any atom is 0.0424 e. The Morgan fingerprint density at radius 3 is 2.40 bits per heavy atom. The van der Waals surface area contributed by atoms with Gasteiger partial charge in [-0.05, 0) is 18.9 Å². The first-order valence-corrected chi connectivity index (χ1v) is 3.53. The molecule has 0 aliphatic heterocycles. The monoisotopic (exact) mass is 137 g/mol. The van der Waals surface area contributed by atoms with Crippen molar-refractivity contribution in [2.45, 2.75) is 20.8 Å². The van der Waals surface area contributed by atoms with E-state index in [1.807, 2.05) is 13.0 Å². The van der Waals surface area contributed by atoms with Gasteiger partial charge in [0.05, 0.1) is 0 Å². The summed E-state index contributed by atoms with van der Waals surface area (Å²) < 4.78 is 0. The quantitative estimate of drug-likeness (QED) is 0.419. The van der Waals surface area contributed by atoms with E-state index in [4.69, 9.17) is 0 Å². The van der Waals surface area contributed by atoms with Gasteiger partial charge in [-0.1, -0.05) is 26.5 Å². The number of nitrogens with zero attached hydrogens (tertiary/aromatic N) is 1. The van der Waals surface area contributed by atoms with Gasteiger partial charge in [-0.2, -0.15) is 0 Å². The van der Waals surface area contributed by atoms with Gasteiger partial charge in [-0.15, -0.1) is 0 Å². The zero-order chi connectivity index (χ0) is 7.98. The molecule has 0 radical (unpaired) electrons. The molecule has 0 N–H and O–H groups in total. The standard InChI is InChI=1S/C9H15N/c1-5-7-9(8(3)4)10-6-2/h5-8H,1H2,2-4H3/b9-7-,10-6-. The van der Waals surface area contributed by atoms with Gasteiger partial charge in [0.1, 0.15) is 0 Å². The van der Waals surface area contributed by atoms with Crippen LogP contribution in [-0.2, 0) is 0 Å². The molecule has 0 amide bonds. The van der Waals surface area contributed by atoms with Crippen LogP contribution >= 0.6 is 0 Å². The van der Waals surface area contributed by atoms with Crippen molar-refractivity contribution in [3.63, 3.8) is 0 Å². The fourth-order valence-electron chi connectivity index (χ4n) is 0.654.